The van der Waals surface area contributed by atoms with Gasteiger partial charge in [-0.25, -0.2) is 0 Å². The highest BCUT2D eigenvalue weighted by Gasteiger charge is 2.30. The number of carbonyl (C=O) groups excluding carboxylic acids is 1. The average molecular weight is 466 g/mol. The number of rotatable bonds is 7. The molecule has 3 atom stereocenters. The van der Waals surface area contributed by atoms with Crippen LogP contribution in [0.15, 0.2) is 53.9 Å². The number of benzene rings is 1. The Balaban J connectivity index is 1.64. The van der Waals surface area contributed by atoms with Crippen LogP contribution in [0.4, 0.5) is 0 Å². The maximum atomic E-state index is 13.3. The molecule has 1 aliphatic heterocycles. The molecule has 3 heterocycles. The highest BCUT2D eigenvalue weighted by atomic mass is 32.2. The van der Waals surface area contributed by atoms with Crippen molar-refractivity contribution in [3.8, 4) is 22.8 Å². The van der Waals surface area contributed by atoms with Gasteiger partial charge >= 0.3 is 0 Å². The predicted molar refractivity (Wildman–Crippen MR) is 131 cm³/mol. The van der Waals surface area contributed by atoms with Gasteiger partial charge in [0.1, 0.15) is 5.75 Å². The van der Waals surface area contributed by atoms with E-state index in [1.54, 1.807) is 12.4 Å². The molecule has 0 N–H and O–H groups in total. The molecule has 1 saturated heterocycles. The molecule has 0 aliphatic carbocycles. The quantitative estimate of drug-likeness (QED) is 0.471. The zero-order valence-corrected chi connectivity index (χ0v) is 20.5. The lowest BCUT2D eigenvalue weighted by molar-refractivity contribution is -0.132. The lowest BCUT2D eigenvalue weighted by Gasteiger charge is -2.36. The predicted octanol–water partition coefficient (Wildman–Crippen LogP) is 4.71. The van der Waals surface area contributed by atoms with Gasteiger partial charge in [-0.2, -0.15) is 0 Å². The van der Waals surface area contributed by atoms with Crippen molar-refractivity contribution < 1.29 is 9.53 Å². The molecule has 8 heteroatoms. The lowest BCUT2D eigenvalue weighted by Crippen LogP contribution is -2.45. The second-order valence-electron chi connectivity index (χ2n) is 8.75. The van der Waals surface area contributed by atoms with E-state index in [4.69, 9.17) is 4.74 Å². The summed E-state index contributed by atoms with van der Waals surface area (Å²) in [6, 6.07) is 11.7. The SMILES string of the molecule is CCOc1ccc(-n2c(SC(C)C(=O)N3CC(C)CC(C)C3)nnc2-c2ccncc2)cc1. The van der Waals surface area contributed by atoms with Crippen LogP contribution in [-0.4, -0.2) is 55.5 Å². The molecule has 7 nitrogen and oxygen atoms in total. The molecule has 1 aliphatic rings. The lowest BCUT2D eigenvalue weighted by atomic mass is 9.92. The van der Waals surface area contributed by atoms with E-state index in [9.17, 15) is 4.79 Å². The topological polar surface area (TPSA) is 73.1 Å². The first-order chi connectivity index (χ1) is 16.0. The molecular formula is C25H31N5O2S. The van der Waals surface area contributed by atoms with Crippen LogP contribution < -0.4 is 4.74 Å². The number of ether oxygens (including phenoxy) is 1. The first kappa shape index (κ1) is 23.3. The Morgan fingerprint density at radius 1 is 1.09 bits per heavy atom. The smallest absolute Gasteiger partial charge is 0.235 e. The third kappa shape index (κ3) is 5.38. The number of amides is 1. The van der Waals surface area contributed by atoms with E-state index in [1.807, 2.05) is 59.7 Å². The van der Waals surface area contributed by atoms with Crippen LogP contribution in [0.1, 0.15) is 34.1 Å². The molecule has 0 radical (unpaired) electrons. The summed E-state index contributed by atoms with van der Waals surface area (Å²) in [5.41, 5.74) is 1.83. The Labute approximate surface area is 199 Å². The minimum atomic E-state index is -0.265. The second-order valence-corrected chi connectivity index (χ2v) is 10.1. The number of piperidine rings is 1. The fourth-order valence-corrected chi connectivity index (χ4v) is 5.38. The largest absolute Gasteiger partial charge is 0.494 e. The van der Waals surface area contributed by atoms with E-state index in [0.29, 0.717) is 29.4 Å². The summed E-state index contributed by atoms with van der Waals surface area (Å²) in [5.74, 6) is 2.74. The number of aromatic nitrogens is 4. The molecule has 0 saturated carbocycles. The molecule has 0 spiro atoms. The first-order valence-corrected chi connectivity index (χ1v) is 12.4. The minimum Gasteiger partial charge on any atom is -0.494 e. The van der Waals surface area contributed by atoms with Crippen molar-refractivity contribution >= 4 is 17.7 Å². The monoisotopic (exact) mass is 465 g/mol. The Hall–Kier alpha value is -2.87. The van der Waals surface area contributed by atoms with E-state index in [-0.39, 0.29) is 11.2 Å². The van der Waals surface area contributed by atoms with Crippen molar-refractivity contribution in [2.75, 3.05) is 19.7 Å². The van der Waals surface area contributed by atoms with Crippen molar-refractivity contribution in [1.82, 2.24) is 24.6 Å². The van der Waals surface area contributed by atoms with Crippen LogP contribution in [0.2, 0.25) is 0 Å². The van der Waals surface area contributed by atoms with Gasteiger partial charge in [0.05, 0.1) is 11.9 Å². The van der Waals surface area contributed by atoms with Crippen LogP contribution in [0, 0.1) is 11.8 Å². The van der Waals surface area contributed by atoms with Gasteiger partial charge in [-0.05, 0) is 68.5 Å². The fourth-order valence-electron chi connectivity index (χ4n) is 4.43. The van der Waals surface area contributed by atoms with Gasteiger partial charge in [0, 0.05) is 36.7 Å². The summed E-state index contributed by atoms with van der Waals surface area (Å²) in [7, 11) is 0. The number of likely N-dealkylation sites (tertiary alicyclic amines) is 1. The molecule has 3 unspecified atom stereocenters. The van der Waals surface area contributed by atoms with Gasteiger partial charge in [-0.1, -0.05) is 25.6 Å². The third-order valence-corrected chi connectivity index (χ3v) is 6.82. The van der Waals surface area contributed by atoms with Crippen LogP contribution >= 0.6 is 11.8 Å². The Bertz CT molecular complexity index is 1060. The highest BCUT2D eigenvalue weighted by molar-refractivity contribution is 8.00. The summed E-state index contributed by atoms with van der Waals surface area (Å²) < 4.78 is 7.60. The van der Waals surface area contributed by atoms with Gasteiger partial charge in [0.25, 0.3) is 0 Å². The number of nitrogens with zero attached hydrogens (tertiary/aromatic N) is 5. The van der Waals surface area contributed by atoms with Gasteiger partial charge < -0.3 is 9.64 Å². The zero-order valence-electron chi connectivity index (χ0n) is 19.6. The maximum absolute atomic E-state index is 13.3. The molecule has 1 fully saturated rings. The van der Waals surface area contributed by atoms with Crippen molar-refractivity contribution in [2.45, 2.75) is 44.5 Å². The van der Waals surface area contributed by atoms with E-state index in [0.717, 1.165) is 30.1 Å². The van der Waals surface area contributed by atoms with Crippen molar-refractivity contribution in [3.63, 3.8) is 0 Å². The first-order valence-electron chi connectivity index (χ1n) is 11.5. The molecule has 0 bridgehead atoms. The standard InChI is InChI=1S/C25H31N5O2S/c1-5-32-22-8-6-21(7-9-22)30-23(20-10-12-26-13-11-20)27-28-25(30)33-19(4)24(31)29-15-17(2)14-18(3)16-29/h6-13,17-19H,5,14-16H2,1-4H3. The van der Waals surface area contributed by atoms with E-state index >= 15 is 0 Å². The average Bonchev–Trinajstić information content (AvgIpc) is 3.22. The molecule has 174 valence electrons. The Morgan fingerprint density at radius 2 is 1.76 bits per heavy atom. The van der Waals surface area contributed by atoms with E-state index < -0.39 is 0 Å². The molecule has 2 aromatic heterocycles. The number of carbonyl (C=O) groups is 1. The molecule has 1 amide bonds. The molecular weight excluding hydrogens is 434 g/mol. The third-order valence-electron chi connectivity index (χ3n) is 5.79. The van der Waals surface area contributed by atoms with Crippen molar-refractivity contribution in [1.29, 1.82) is 0 Å². The number of hydrogen-bond donors (Lipinski definition) is 0. The van der Waals surface area contributed by atoms with Crippen LogP contribution in [0.3, 0.4) is 0 Å². The van der Waals surface area contributed by atoms with Crippen molar-refractivity contribution in [3.05, 3.63) is 48.8 Å². The molecule has 3 aromatic rings. The fraction of sp³-hybridized carbons (Fsp3) is 0.440. The van der Waals surface area contributed by atoms with E-state index in [2.05, 4.69) is 29.0 Å². The summed E-state index contributed by atoms with van der Waals surface area (Å²) in [5, 5.41) is 9.38. The molecule has 1 aromatic carbocycles. The number of pyridine rings is 1. The summed E-state index contributed by atoms with van der Waals surface area (Å²) >= 11 is 1.45. The normalized spacial score (nSPS) is 19.3. The zero-order chi connectivity index (χ0) is 23.4. The van der Waals surface area contributed by atoms with Crippen LogP contribution in [0.5, 0.6) is 5.75 Å². The van der Waals surface area contributed by atoms with Gasteiger partial charge in [0.2, 0.25) is 5.91 Å². The Morgan fingerprint density at radius 3 is 2.39 bits per heavy atom. The van der Waals surface area contributed by atoms with E-state index in [1.165, 1.54) is 18.2 Å². The van der Waals surface area contributed by atoms with Gasteiger partial charge in [-0.3, -0.25) is 14.3 Å². The summed E-state index contributed by atoms with van der Waals surface area (Å²) in [4.78, 5) is 19.4. The van der Waals surface area contributed by atoms with Gasteiger partial charge in [0.15, 0.2) is 11.0 Å². The maximum Gasteiger partial charge on any atom is 0.235 e. The second kappa shape index (κ2) is 10.4. The van der Waals surface area contributed by atoms with Gasteiger partial charge in [-0.15, -0.1) is 10.2 Å². The van der Waals surface area contributed by atoms with Crippen LogP contribution in [0.25, 0.3) is 17.1 Å². The van der Waals surface area contributed by atoms with Crippen LogP contribution in [-0.2, 0) is 4.79 Å². The minimum absolute atomic E-state index is 0.158. The summed E-state index contributed by atoms with van der Waals surface area (Å²) in [6.07, 6.45) is 4.65. The highest BCUT2D eigenvalue weighted by Crippen LogP contribution is 2.32. The number of thioether (sulfide) groups is 1. The Kier molecular flexibility index (Phi) is 7.33. The number of hydrogen-bond acceptors (Lipinski definition) is 6. The molecule has 33 heavy (non-hydrogen) atoms. The molecule has 4 rings (SSSR count). The van der Waals surface area contributed by atoms with Crippen molar-refractivity contribution in [2.24, 2.45) is 11.8 Å². The summed E-state index contributed by atoms with van der Waals surface area (Å²) in [6.45, 7) is 10.6.